The number of ether oxygens (including phenoxy) is 1. The van der Waals surface area contributed by atoms with Gasteiger partial charge in [0.15, 0.2) is 10.8 Å². The van der Waals surface area contributed by atoms with Gasteiger partial charge >= 0.3 is 6.18 Å². The molecule has 3 aliphatic heterocycles. The molecule has 2 aromatic rings. The van der Waals surface area contributed by atoms with Crippen LogP contribution in [0.2, 0.25) is 0 Å². The summed E-state index contributed by atoms with van der Waals surface area (Å²) in [4.78, 5) is 20.1. The number of nitrogens with one attached hydrogen (secondary N) is 1. The maximum Gasteiger partial charge on any atom is 0.419 e. The van der Waals surface area contributed by atoms with Crippen LogP contribution in [0.4, 0.5) is 24.5 Å². The molecule has 1 aromatic carbocycles. The molecule has 1 amide bonds. The summed E-state index contributed by atoms with van der Waals surface area (Å²) in [5, 5.41) is 12.8. The Morgan fingerprint density at radius 3 is 2.38 bits per heavy atom. The highest BCUT2D eigenvalue weighted by Gasteiger charge is 2.59. The normalized spacial score (nSPS) is 26.4. The van der Waals surface area contributed by atoms with Crippen molar-refractivity contribution in [1.82, 2.24) is 10.3 Å². The molecule has 1 aliphatic carbocycles. The van der Waals surface area contributed by atoms with Crippen molar-refractivity contribution in [2.24, 2.45) is 0 Å². The second-order valence-electron chi connectivity index (χ2n) is 10.2. The summed E-state index contributed by atoms with van der Waals surface area (Å²) in [6, 6.07) is 10.6. The Kier molecular flexibility index (Phi) is 5.65. The fourth-order valence-electron chi connectivity index (χ4n) is 6.06. The number of nitriles is 1. The first-order valence-corrected chi connectivity index (χ1v) is 12.8. The molecule has 1 spiro atoms. The Bertz CT molecular complexity index is 1290. The van der Waals surface area contributed by atoms with Gasteiger partial charge in [-0.25, -0.2) is 4.98 Å². The summed E-state index contributed by atoms with van der Waals surface area (Å²) in [5.41, 5.74) is -2.31. The highest BCUT2D eigenvalue weighted by molar-refractivity contribution is 7.81. The van der Waals surface area contributed by atoms with E-state index in [9.17, 15) is 18.0 Å². The maximum absolute atomic E-state index is 13.6. The zero-order valence-corrected chi connectivity index (χ0v) is 20.6. The number of carbonyl (C=O) groups excluding carboxylic acids is 1. The topological polar surface area (TPSA) is 81.5 Å². The third-order valence-corrected chi connectivity index (χ3v) is 8.33. The van der Waals surface area contributed by atoms with E-state index in [1.54, 1.807) is 4.90 Å². The van der Waals surface area contributed by atoms with E-state index in [2.05, 4.69) is 10.3 Å². The van der Waals surface area contributed by atoms with Crippen molar-refractivity contribution in [3.8, 4) is 11.8 Å². The number of aromatic nitrogens is 1. The number of hydrogen-bond acceptors (Lipinski definition) is 6. The lowest BCUT2D eigenvalue weighted by Crippen LogP contribution is -2.55. The van der Waals surface area contributed by atoms with E-state index in [-0.39, 0.29) is 22.8 Å². The third-order valence-electron chi connectivity index (χ3n) is 7.96. The number of fused-ring (bicyclic) bond motifs is 2. The molecule has 6 rings (SSSR count). The molecule has 1 aromatic heterocycles. The fourth-order valence-corrected chi connectivity index (χ4v) is 6.53. The van der Waals surface area contributed by atoms with Gasteiger partial charge in [-0.15, -0.1) is 0 Å². The van der Waals surface area contributed by atoms with E-state index >= 15 is 0 Å². The van der Waals surface area contributed by atoms with Gasteiger partial charge in [-0.1, -0.05) is 0 Å². The number of amides is 1. The maximum atomic E-state index is 13.6. The summed E-state index contributed by atoms with van der Waals surface area (Å²) in [6.45, 7) is 0. The second-order valence-corrected chi connectivity index (χ2v) is 10.6. The number of nitrogens with zero attached hydrogens (tertiary/aromatic N) is 4. The van der Waals surface area contributed by atoms with Gasteiger partial charge in [0.1, 0.15) is 23.5 Å². The molecule has 37 heavy (non-hydrogen) atoms. The monoisotopic (exact) mass is 527 g/mol. The van der Waals surface area contributed by atoms with Crippen LogP contribution < -0.4 is 19.9 Å². The number of thiocarbonyl (C=S) groups is 1. The Labute approximate surface area is 217 Å². The van der Waals surface area contributed by atoms with Crippen LogP contribution in [0.25, 0.3) is 0 Å². The van der Waals surface area contributed by atoms with Gasteiger partial charge in [-0.05, 0) is 87.5 Å². The van der Waals surface area contributed by atoms with Crippen molar-refractivity contribution >= 4 is 34.6 Å². The highest BCUT2D eigenvalue weighted by atomic mass is 32.1. The minimum Gasteiger partial charge on any atom is -0.490 e. The summed E-state index contributed by atoms with van der Waals surface area (Å²) in [7, 11) is 0. The Morgan fingerprint density at radius 1 is 1.14 bits per heavy atom. The number of benzene rings is 1. The molecular weight excluding hydrogens is 503 g/mol. The van der Waals surface area contributed by atoms with Gasteiger partial charge in [-0.2, -0.15) is 18.4 Å². The second kappa shape index (κ2) is 8.67. The van der Waals surface area contributed by atoms with Gasteiger partial charge in [0.2, 0.25) is 0 Å². The van der Waals surface area contributed by atoms with Gasteiger partial charge in [0.25, 0.3) is 5.91 Å². The smallest absolute Gasteiger partial charge is 0.419 e. The zero-order chi connectivity index (χ0) is 25.9. The van der Waals surface area contributed by atoms with Crippen LogP contribution in [0.3, 0.4) is 0 Å². The molecule has 1 saturated carbocycles. The first-order chi connectivity index (χ1) is 17.7. The quantitative estimate of drug-likeness (QED) is 0.578. The number of hydrogen-bond donors (Lipinski definition) is 1. The molecule has 4 aliphatic rings. The summed E-state index contributed by atoms with van der Waals surface area (Å²) in [5.74, 6) is 0.353. The molecule has 3 saturated heterocycles. The summed E-state index contributed by atoms with van der Waals surface area (Å²) in [6.07, 6.45) is 2.63. The third kappa shape index (κ3) is 3.94. The number of rotatable bonds is 4. The molecule has 1 N–H and O–H groups in total. The standard InChI is InChI=1S/C26H24F3N5O2S/c27-26(28,29)21-12-18(14-31-22(21)13-30)33-23(35)25(8-1-9-25)34(24(33)37)17-4-6-19(7-5-17)36-20-10-15-2-3-16(11-20)32-15/h4-7,12,14-16,20,32H,1-3,8-11H2/t15-,16+,20-. The molecule has 192 valence electrons. The Hall–Kier alpha value is -3.23. The number of carbonyl (C=O) groups is 1. The molecule has 4 fully saturated rings. The van der Waals surface area contributed by atoms with Gasteiger partial charge in [0, 0.05) is 17.8 Å². The van der Waals surface area contributed by atoms with Crippen molar-refractivity contribution in [3.63, 3.8) is 0 Å². The number of anilines is 2. The Morgan fingerprint density at radius 2 is 1.81 bits per heavy atom. The van der Waals surface area contributed by atoms with Crippen molar-refractivity contribution in [3.05, 3.63) is 47.8 Å². The number of alkyl halides is 3. The predicted octanol–water partition coefficient (Wildman–Crippen LogP) is 4.69. The molecule has 3 atom stereocenters. The lowest BCUT2D eigenvalue weighted by molar-refractivity contribution is -0.138. The van der Waals surface area contributed by atoms with Crippen LogP contribution in [-0.2, 0) is 11.0 Å². The van der Waals surface area contributed by atoms with Crippen LogP contribution in [0.5, 0.6) is 5.75 Å². The summed E-state index contributed by atoms with van der Waals surface area (Å²) >= 11 is 5.67. The first kappa shape index (κ1) is 24.1. The largest absolute Gasteiger partial charge is 0.490 e. The van der Waals surface area contributed by atoms with Crippen molar-refractivity contribution < 1.29 is 22.7 Å². The van der Waals surface area contributed by atoms with Gasteiger partial charge in [-0.3, -0.25) is 9.69 Å². The number of halogens is 3. The molecule has 0 radical (unpaired) electrons. The van der Waals surface area contributed by atoms with E-state index in [0.29, 0.717) is 30.6 Å². The number of piperidine rings is 1. The summed E-state index contributed by atoms with van der Waals surface area (Å²) < 4.78 is 46.9. The van der Waals surface area contributed by atoms with E-state index in [0.717, 1.165) is 42.2 Å². The fraction of sp³-hybridized carbons (Fsp3) is 0.462. The number of pyridine rings is 1. The predicted molar refractivity (Wildman–Crippen MR) is 133 cm³/mol. The van der Waals surface area contributed by atoms with Crippen LogP contribution in [0, 0.1) is 11.3 Å². The lowest BCUT2D eigenvalue weighted by Gasteiger charge is -2.43. The van der Waals surface area contributed by atoms with Crippen molar-refractivity contribution in [2.75, 3.05) is 9.80 Å². The van der Waals surface area contributed by atoms with Crippen molar-refractivity contribution in [2.45, 2.75) is 74.8 Å². The van der Waals surface area contributed by atoms with Gasteiger partial charge in [0.05, 0.1) is 17.4 Å². The van der Waals surface area contributed by atoms with E-state index in [1.807, 2.05) is 24.3 Å². The molecule has 2 bridgehead atoms. The average Bonchev–Trinajstić information content (AvgIpc) is 3.30. The highest BCUT2D eigenvalue weighted by Crippen LogP contribution is 2.48. The first-order valence-electron chi connectivity index (χ1n) is 12.4. The SMILES string of the molecule is N#Cc1ncc(N2C(=O)C3(CCC3)N(c3ccc(O[C@@H]4C[C@H]5CC[C@@H](C4)N5)cc3)C2=S)cc1C(F)(F)F. The zero-order valence-electron chi connectivity index (χ0n) is 19.8. The average molecular weight is 528 g/mol. The molecular formula is C26H24F3N5O2S. The molecule has 7 nitrogen and oxygen atoms in total. The molecule has 0 unspecified atom stereocenters. The molecule has 4 heterocycles. The van der Waals surface area contributed by atoms with Crippen LogP contribution in [0.15, 0.2) is 36.5 Å². The van der Waals surface area contributed by atoms with E-state index < -0.39 is 23.0 Å². The lowest BCUT2D eigenvalue weighted by atomic mass is 9.75. The van der Waals surface area contributed by atoms with Crippen LogP contribution >= 0.6 is 12.2 Å². The van der Waals surface area contributed by atoms with E-state index in [1.165, 1.54) is 18.9 Å². The molecule has 11 heteroatoms. The van der Waals surface area contributed by atoms with Gasteiger partial charge < -0.3 is 15.0 Å². The minimum atomic E-state index is -4.80. The van der Waals surface area contributed by atoms with E-state index in [4.69, 9.17) is 22.2 Å². The Balaban J connectivity index is 1.28. The van der Waals surface area contributed by atoms with Crippen molar-refractivity contribution in [1.29, 1.82) is 5.26 Å². The minimum absolute atomic E-state index is 0.0907. The van der Waals surface area contributed by atoms with Crippen LogP contribution in [0.1, 0.15) is 56.2 Å². The van der Waals surface area contributed by atoms with Crippen LogP contribution in [-0.4, -0.2) is 39.7 Å².